The minimum atomic E-state index is -4.99. The van der Waals surface area contributed by atoms with Crippen molar-refractivity contribution in [3.63, 3.8) is 0 Å². The maximum Gasteiger partial charge on any atom is 0.490 e. The Labute approximate surface area is 208 Å². The van der Waals surface area contributed by atoms with Crippen molar-refractivity contribution >= 4 is 5.97 Å². The zero-order valence-corrected chi connectivity index (χ0v) is 21.5. The molecule has 3 aliphatic rings. The smallest absolute Gasteiger partial charge is 0.455 e. The van der Waals surface area contributed by atoms with Gasteiger partial charge >= 0.3 is 12.1 Å². The third-order valence-electron chi connectivity index (χ3n) is 7.62. The van der Waals surface area contributed by atoms with Crippen molar-refractivity contribution in [3.05, 3.63) is 47.6 Å². The summed E-state index contributed by atoms with van der Waals surface area (Å²) in [6, 6.07) is 0. The summed E-state index contributed by atoms with van der Waals surface area (Å²) in [7, 11) is 0. The van der Waals surface area contributed by atoms with Gasteiger partial charge in [0.05, 0.1) is 0 Å². The Morgan fingerprint density at radius 1 is 1.14 bits per heavy atom. The van der Waals surface area contributed by atoms with E-state index in [2.05, 4.69) is 69.1 Å². The molecular formula is C28H41F3N2O2. The number of allylic oxidation sites excluding steroid dienone is 5. The quantitative estimate of drug-likeness (QED) is 0.423. The summed E-state index contributed by atoms with van der Waals surface area (Å²) in [4.78, 5) is 14.1. The molecule has 0 amide bonds. The molecule has 3 rings (SSSR count). The van der Waals surface area contributed by atoms with Crippen LogP contribution < -0.4 is 5.73 Å². The second-order valence-electron chi connectivity index (χ2n) is 11.7. The van der Waals surface area contributed by atoms with Crippen LogP contribution in [0.5, 0.6) is 0 Å². The zero-order valence-electron chi connectivity index (χ0n) is 21.5. The van der Waals surface area contributed by atoms with Crippen LogP contribution in [0.3, 0.4) is 0 Å². The largest absolute Gasteiger partial charge is 0.490 e. The Bertz CT molecular complexity index is 887. The van der Waals surface area contributed by atoms with Crippen molar-refractivity contribution in [2.45, 2.75) is 72.1 Å². The molecule has 0 aromatic carbocycles. The average Bonchev–Trinajstić information content (AvgIpc) is 2.78. The van der Waals surface area contributed by atoms with Crippen LogP contribution in [-0.2, 0) is 9.53 Å². The van der Waals surface area contributed by atoms with E-state index < -0.39 is 18.2 Å². The molecule has 196 valence electrons. The lowest BCUT2D eigenvalue weighted by Crippen LogP contribution is -2.46. The second kappa shape index (κ2) is 11.0. The molecule has 0 aromatic rings. The van der Waals surface area contributed by atoms with E-state index in [0.29, 0.717) is 25.9 Å². The topological polar surface area (TPSA) is 55.6 Å². The number of carbonyl (C=O) groups is 1. The van der Waals surface area contributed by atoms with Crippen LogP contribution in [-0.4, -0.2) is 49.3 Å². The number of esters is 1. The molecule has 1 fully saturated rings. The molecule has 3 aliphatic carbocycles. The monoisotopic (exact) mass is 494 g/mol. The van der Waals surface area contributed by atoms with E-state index in [1.165, 1.54) is 11.1 Å². The summed E-state index contributed by atoms with van der Waals surface area (Å²) in [5.74, 6) is -2.19. The van der Waals surface area contributed by atoms with Gasteiger partial charge in [-0.3, -0.25) is 4.90 Å². The Balaban J connectivity index is 1.78. The van der Waals surface area contributed by atoms with E-state index in [0.717, 1.165) is 32.4 Å². The highest BCUT2D eigenvalue weighted by Crippen LogP contribution is 2.36. The lowest BCUT2D eigenvalue weighted by atomic mass is 9.78. The van der Waals surface area contributed by atoms with Gasteiger partial charge in [-0.25, -0.2) is 4.79 Å². The van der Waals surface area contributed by atoms with E-state index >= 15 is 0 Å². The number of rotatable bonds is 8. The van der Waals surface area contributed by atoms with Crippen LogP contribution in [0.4, 0.5) is 13.2 Å². The molecule has 35 heavy (non-hydrogen) atoms. The first-order valence-corrected chi connectivity index (χ1v) is 12.7. The molecule has 4 atom stereocenters. The second-order valence-corrected chi connectivity index (χ2v) is 11.7. The molecule has 4 unspecified atom stereocenters. The first-order valence-electron chi connectivity index (χ1n) is 12.7. The molecule has 0 bridgehead atoms. The maximum atomic E-state index is 13.0. The molecule has 0 aromatic heterocycles. The van der Waals surface area contributed by atoms with E-state index in [9.17, 15) is 18.0 Å². The van der Waals surface area contributed by atoms with Crippen LogP contribution in [0.1, 0.15) is 59.8 Å². The van der Waals surface area contributed by atoms with Crippen LogP contribution in [0, 0.1) is 22.7 Å². The van der Waals surface area contributed by atoms with Crippen LogP contribution in [0.25, 0.3) is 0 Å². The molecule has 0 spiro atoms. The highest BCUT2D eigenvalue weighted by atomic mass is 19.4. The first kappa shape index (κ1) is 27.7. The molecule has 0 heterocycles. The van der Waals surface area contributed by atoms with Gasteiger partial charge in [0.15, 0.2) is 0 Å². The van der Waals surface area contributed by atoms with Gasteiger partial charge in [0, 0.05) is 31.0 Å². The predicted octanol–water partition coefficient (Wildman–Crippen LogP) is 5.96. The summed E-state index contributed by atoms with van der Waals surface area (Å²) >= 11 is 0. The van der Waals surface area contributed by atoms with Gasteiger partial charge in [0.1, 0.15) is 6.10 Å². The fourth-order valence-electron chi connectivity index (χ4n) is 5.29. The number of halogens is 3. The third kappa shape index (κ3) is 8.07. The van der Waals surface area contributed by atoms with Crippen molar-refractivity contribution in [3.8, 4) is 0 Å². The van der Waals surface area contributed by atoms with Gasteiger partial charge in [-0.05, 0) is 62.5 Å². The molecule has 1 saturated carbocycles. The van der Waals surface area contributed by atoms with Crippen LogP contribution in [0.15, 0.2) is 47.6 Å². The van der Waals surface area contributed by atoms with Gasteiger partial charge in [-0.15, -0.1) is 0 Å². The summed E-state index contributed by atoms with van der Waals surface area (Å²) in [6.45, 7) is 11.2. The van der Waals surface area contributed by atoms with Crippen LogP contribution in [0.2, 0.25) is 0 Å². The predicted molar refractivity (Wildman–Crippen MR) is 134 cm³/mol. The number of carbonyl (C=O) groups excluding carboxylic acids is 1. The average molecular weight is 495 g/mol. The number of alkyl halides is 3. The van der Waals surface area contributed by atoms with Crippen molar-refractivity contribution in [2.75, 3.05) is 26.2 Å². The molecule has 4 nitrogen and oxygen atoms in total. The SMILES string of the molecule is CC1=CCC(C)(CN(CC2=CCC(C)(C)C=C2)CC2CCC(CN)CC2OC(=O)C(F)(F)F)C=C1. The fourth-order valence-corrected chi connectivity index (χ4v) is 5.29. The third-order valence-corrected chi connectivity index (χ3v) is 7.62. The molecule has 0 aliphatic heterocycles. The van der Waals surface area contributed by atoms with Crippen molar-refractivity contribution < 1.29 is 22.7 Å². The first-order chi connectivity index (χ1) is 16.3. The Kier molecular flexibility index (Phi) is 8.74. The Morgan fingerprint density at radius 2 is 1.89 bits per heavy atom. The van der Waals surface area contributed by atoms with Crippen molar-refractivity contribution in [1.82, 2.24) is 4.90 Å². The van der Waals surface area contributed by atoms with Gasteiger partial charge < -0.3 is 10.5 Å². The molecule has 0 saturated heterocycles. The summed E-state index contributed by atoms with van der Waals surface area (Å²) < 4.78 is 44.0. The van der Waals surface area contributed by atoms with E-state index in [1.807, 2.05) is 0 Å². The summed E-state index contributed by atoms with van der Waals surface area (Å²) in [6.07, 6.45) is 11.3. The summed E-state index contributed by atoms with van der Waals surface area (Å²) in [5.41, 5.74) is 8.36. The minimum Gasteiger partial charge on any atom is -0.455 e. The molecule has 2 N–H and O–H groups in total. The standard InChI is InChI=1S/C28H41F3N2O2/c1-20-7-13-27(4,14-8-20)19-33(17-21-9-11-26(2,3)12-10-21)18-23-6-5-22(16-32)15-24(23)35-25(34)28(29,30)31/h7-11,13,22-24H,5-6,12,14-19,32H2,1-4H3. The van der Waals surface area contributed by atoms with E-state index in [4.69, 9.17) is 10.5 Å². The fraction of sp³-hybridized carbons (Fsp3) is 0.679. The van der Waals surface area contributed by atoms with Crippen molar-refractivity contribution in [2.24, 2.45) is 28.4 Å². The highest BCUT2D eigenvalue weighted by Gasteiger charge is 2.45. The lowest BCUT2D eigenvalue weighted by molar-refractivity contribution is -0.209. The molecule has 7 heteroatoms. The van der Waals surface area contributed by atoms with Crippen LogP contribution >= 0.6 is 0 Å². The van der Waals surface area contributed by atoms with Gasteiger partial charge in [-0.2, -0.15) is 13.2 Å². The summed E-state index contributed by atoms with van der Waals surface area (Å²) in [5, 5.41) is 0. The van der Waals surface area contributed by atoms with E-state index in [-0.39, 0.29) is 22.7 Å². The number of hydrogen-bond acceptors (Lipinski definition) is 4. The van der Waals surface area contributed by atoms with Crippen molar-refractivity contribution in [1.29, 1.82) is 0 Å². The van der Waals surface area contributed by atoms with Gasteiger partial charge in [0.2, 0.25) is 0 Å². The Morgan fingerprint density at radius 3 is 2.46 bits per heavy atom. The maximum absolute atomic E-state index is 13.0. The zero-order chi connectivity index (χ0) is 25.9. The van der Waals surface area contributed by atoms with Gasteiger partial charge in [-0.1, -0.05) is 62.8 Å². The van der Waals surface area contributed by atoms with E-state index in [1.54, 1.807) is 0 Å². The lowest BCUT2D eigenvalue weighted by Gasteiger charge is -2.41. The normalized spacial score (nSPS) is 30.7. The number of nitrogens with zero attached hydrogens (tertiary/aromatic N) is 1. The molecule has 0 radical (unpaired) electrons. The number of ether oxygens (including phenoxy) is 1. The number of hydrogen-bond donors (Lipinski definition) is 1. The Hall–Kier alpha value is -1.86. The number of nitrogens with two attached hydrogens (primary N) is 1. The molecular weight excluding hydrogens is 453 g/mol. The minimum absolute atomic E-state index is 0.0652. The van der Waals surface area contributed by atoms with Gasteiger partial charge in [0.25, 0.3) is 0 Å². The highest BCUT2D eigenvalue weighted by molar-refractivity contribution is 5.75.